The number of carbonyl (C=O) groups is 2. The summed E-state index contributed by atoms with van der Waals surface area (Å²) < 4.78 is 20.8. The second kappa shape index (κ2) is 22.8. The number of hydrogen-bond acceptors (Lipinski definition) is 6. The van der Waals surface area contributed by atoms with Crippen molar-refractivity contribution in [3.05, 3.63) is 23.8 Å². The molecule has 0 aromatic carbocycles. The van der Waals surface area contributed by atoms with E-state index in [4.69, 9.17) is 13.8 Å². The predicted molar refractivity (Wildman–Crippen MR) is 290 cm³/mol. The summed E-state index contributed by atoms with van der Waals surface area (Å²) in [6.45, 7) is 8.68. The van der Waals surface area contributed by atoms with Crippen LogP contribution in [0.5, 0.6) is 0 Å². The van der Waals surface area contributed by atoms with Crippen LogP contribution in [0.25, 0.3) is 0 Å². The first-order valence-electron chi connectivity index (χ1n) is 14.8. The van der Waals surface area contributed by atoms with Gasteiger partial charge in [0, 0.05) is 31.2 Å². The van der Waals surface area contributed by atoms with Crippen molar-refractivity contribution in [2.45, 2.75) is 77.3 Å². The number of allylic oxidation sites excluding steroid dienone is 1. The summed E-state index contributed by atoms with van der Waals surface area (Å²) in [5.74, 6) is -2.06. The van der Waals surface area contributed by atoms with E-state index >= 15 is 4.79 Å². The van der Waals surface area contributed by atoms with Crippen LogP contribution in [0.2, 0.25) is 0 Å². The average Bonchev–Trinajstić information content (AvgIpc) is 3.23. The molecule has 50 heavy (non-hydrogen) atoms. The zero-order chi connectivity index (χ0) is 38.3. The number of carbonyl (C=O) groups excluding carboxylic acids is 2. The van der Waals surface area contributed by atoms with E-state index in [1.807, 2.05) is 26.8 Å². The lowest BCUT2D eigenvalue weighted by molar-refractivity contribution is -0.168. The molecule has 2 bridgehead atoms. The molecular weight excluding hydrogens is 1060 g/mol. The Morgan fingerprint density at radius 1 is 0.880 bits per heavy atom. The van der Waals surface area contributed by atoms with Crippen LogP contribution in [0.1, 0.15) is 53.4 Å². The molecule has 17 unspecified atom stereocenters. The lowest BCUT2D eigenvalue weighted by atomic mass is 9.51. The number of rotatable bonds is 16. The normalized spacial score (nSPS) is 32.7. The molecule has 23 atom stereocenters. The van der Waals surface area contributed by atoms with Crippen molar-refractivity contribution in [1.82, 2.24) is 0 Å². The van der Waals surface area contributed by atoms with E-state index < -0.39 is 102 Å². The number of aliphatic hydroxyl groups is 1. The monoisotopic (exact) mass is 1110 g/mol. The van der Waals surface area contributed by atoms with Gasteiger partial charge < -0.3 is 18.9 Å². The highest BCUT2D eigenvalue weighted by atomic mass is 33.3. The lowest BCUT2D eigenvalue weighted by Crippen LogP contribution is -2.64. The molecule has 29 heteroatoms. The number of fused-ring (bicyclic) bond motifs is 3. The van der Waals surface area contributed by atoms with E-state index in [9.17, 15) is 9.90 Å². The quantitative estimate of drug-likeness (QED) is 0.0718. The summed E-state index contributed by atoms with van der Waals surface area (Å²) >= 11 is 0. The number of esters is 1. The first-order chi connectivity index (χ1) is 23.0. The van der Waals surface area contributed by atoms with Crippen LogP contribution in [0.15, 0.2) is 23.8 Å². The molecule has 1 saturated heterocycles. The van der Waals surface area contributed by atoms with Gasteiger partial charge in [-0.2, -0.15) is 0 Å². The van der Waals surface area contributed by atoms with Crippen LogP contribution in [-0.2, 0) is 23.4 Å². The summed E-state index contributed by atoms with van der Waals surface area (Å²) in [6.07, 6.45) is 2.22. The molecule has 1 N–H and O–H groups in total. The second-order valence-corrected chi connectivity index (χ2v) is 95.5. The predicted octanol–water partition coefficient (Wildman–Crippen LogP) is 15.8. The van der Waals surface area contributed by atoms with Gasteiger partial charge in [0.2, 0.25) is 0 Å². The fraction of sp³-hybridized carbons (Fsp3) is 0.714. The highest BCUT2D eigenvalue weighted by molar-refractivity contribution is 9.25. The number of ketones is 1. The van der Waals surface area contributed by atoms with E-state index in [0.29, 0.717) is 27.2 Å². The third-order valence-electron chi connectivity index (χ3n) is 9.34. The Hall–Kier alpha value is 8.39. The van der Waals surface area contributed by atoms with E-state index in [1.54, 1.807) is 0 Å². The summed E-state index contributed by atoms with van der Waals surface area (Å²) in [5, 5.41) is 13.0. The van der Waals surface area contributed by atoms with Crippen molar-refractivity contribution in [3.63, 3.8) is 0 Å². The molecule has 288 valence electrons. The van der Waals surface area contributed by atoms with Gasteiger partial charge in [-0.25, -0.2) is 0 Å². The third kappa shape index (κ3) is 11.7. The van der Waals surface area contributed by atoms with Crippen LogP contribution in [0.4, 0.5) is 0 Å². The summed E-state index contributed by atoms with van der Waals surface area (Å²) in [7, 11) is 35.5. The van der Waals surface area contributed by atoms with Crippen molar-refractivity contribution < 1.29 is 28.5 Å². The Bertz CT molecular complexity index is 1260. The van der Waals surface area contributed by atoms with Gasteiger partial charge in [0.15, 0.2) is 5.78 Å². The Morgan fingerprint density at radius 3 is 1.90 bits per heavy atom. The van der Waals surface area contributed by atoms with Gasteiger partial charge in [-0.15, -0.1) is 105 Å². The molecule has 0 aromatic rings. The van der Waals surface area contributed by atoms with Crippen LogP contribution in [0, 0.1) is 16.7 Å². The summed E-state index contributed by atoms with van der Waals surface area (Å²) in [4.78, 5) is 28.9. The molecule has 3 rings (SSSR count). The highest BCUT2D eigenvalue weighted by Gasteiger charge is 2.69. The Morgan fingerprint density at radius 2 is 1.44 bits per heavy atom. The van der Waals surface area contributed by atoms with Crippen molar-refractivity contribution in [2.24, 2.45) is 16.7 Å². The fourth-order valence-electron chi connectivity index (χ4n) is 6.95. The molecule has 0 amide bonds. The third-order valence-corrected chi connectivity index (χ3v) is 130. The minimum absolute atomic E-state index is 0.0992. The second-order valence-electron chi connectivity index (χ2n) is 12.7. The molecule has 0 radical (unpaired) electrons. The van der Waals surface area contributed by atoms with E-state index in [1.165, 1.54) is 0 Å². The Kier molecular flexibility index (Phi) is 24.1. The zero-order valence-corrected chi connectivity index (χ0v) is 52.1. The fourth-order valence-corrected chi connectivity index (χ4v) is 203. The Balaban J connectivity index is 2.31. The molecule has 2 aliphatic carbocycles. The number of Topliss-reactive ketones (excluding diaryl/α,β-unsaturated/α-hetero) is 1. The molecule has 3 aliphatic rings. The van der Waals surface area contributed by atoms with E-state index in [0.717, 1.165) is 11.1 Å². The Labute approximate surface area is 341 Å². The molecule has 6 nitrogen and oxygen atoms in total. The molecule has 1 heterocycles. The van der Waals surface area contributed by atoms with Crippen LogP contribution in [0.3, 0.4) is 0 Å². The topological polar surface area (TPSA) is 82.1 Å². The zero-order valence-electron chi connectivity index (χ0n) is 28.3. The highest BCUT2D eigenvalue weighted by Crippen LogP contribution is 3.21. The number of cyclic esters (lactones) is 1. The van der Waals surface area contributed by atoms with Crippen molar-refractivity contribution in [1.29, 1.82) is 0 Å². The minimum Gasteiger partial charge on any atom is -0.461 e. The van der Waals surface area contributed by atoms with E-state index in [-0.39, 0.29) is 27.4 Å². The SMILES string of the molecule is C=CCC[C@@H]1OC(=O)[C@@H]2C(=O)[C@]3(O)C[C@H](OP(P)P(P(P)P)P(P(P)P)P(P)P)C(C)=C([C@H](OP(P(P)P)P(PP)P(P)P)C[C@@]21C)C3(C)C. The minimum atomic E-state index is -1.86. The maximum atomic E-state index is 15.0. The van der Waals surface area contributed by atoms with Crippen LogP contribution in [-0.4, -0.2) is 40.8 Å². The standard InChI is InChI=1S/C21H53O6P23/c1-6-7-8-14-20(5)9-13(27-42(43(30)31)48(40-28)44(32)33)15-11(2)12(26-41(29)49(45(34)35)50(46(36)37)47(38)39)10-21(24,19(15,3)4)17(22)16(20)18(23)25-14/h6,12-14,16,24,40H,1,7-10,28-39H2,2-5H3/t12-,13+,14-,16-,20+,21+,41?,42?,48?,49?/m0/s1. The van der Waals surface area contributed by atoms with Crippen molar-refractivity contribution >= 4 is 198 Å². The maximum Gasteiger partial charge on any atom is 0.317 e. The van der Waals surface area contributed by atoms with Gasteiger partial charge in [-0.1, -0.05) is 43.7 Å². The van der Waals surface area contributed by atoms with Gasteiger partial charge in [0.1, 0.15) is 17.6 Å². The first kappa shape index (κ1) is 52.7. The van der Waals surface area contributed by atoms with Crippen LogP contribution < -0.4 is 0 Å². The largest absolute Gasteiger partial charge is 0.461 e. The summed E-state index contributed by atoms with van der Waals surface area (Å²) in [6, 6.07) is 0. The summed E-state index contributed by atoms with van der Waals surface area (Å²) in [5.41, 5.74) is -1.69. The van der Waals surface area contributed by atoms with Gasteiger partial charge in [-0.05, 0) is 79.3 Å². The van der Waals surface area contributed by atoms with Crippen molar-refractivity contribution in [2.75, 3.05) is 0 Å². The van der Waals surface area contributed by atoms with E-state index in [2.05, 4.69) is 121 Å². The molecular formula is C21H53O6P23. The number of hydrogen-bond donors (Lipinski definition) is 1. The molecule has 1 saturated carbocycles. The molecule has 0 spiro atoms. The van der Waals surface area contributed by atoms with Gasteiger partial charge in [0.25, 0.3) is 0 Å². The van der Waals surface area contributed by atoms with Gasteiger partial charge in [-0.3, -0.25) is 9.59 Å². The van der Waals surface area contributed by atoms with Gasteiger partial charge >= 0.3 is 5.97 Å². The molecule has 2 fully saturated rings. The smallest absolute Gasteiger partial charge is 0.317 e. The molecule has 0 aromatic heterocycles. The lowest BCUT2D eigenvalue weighted by Gasteiger charge is -2.56. The maximum absolute atomic E-state index is 15.0. The van der Waals surface area contributed by atoms with Crippen LogP contribution >= 0.6 is 186 Å². The first-order valence-corrected chi connectivity index (χ1v) is 55.2. The van der Waals surface area contributed by atoms with Crippen molar-refractivity contribution in [3.8, 4) is 0 Å². The molecule has 1 aliphatic heterocycles. The average molecular weight is 1110 g/mol. The van der Waals surface area contributed by atoms with Gasteiger partial charge in [0.05, 0.1) is 27.3 Å². The number of ether oxygens (including phenoxy) is 1.